The number of aromatic nitrogens is 4. The lowest BCUT2D eigenvalue weighted by Gasteiger charge is -2.17. The Balaban J connectivity index is 1.27. The van der Waals surface area contributed by atoms with E-state index >= 15 is 0 Å². The molecular formula is C30H38N6O5. The van der Waals surface area contributed by atoms with Crippen LogP contribution in [0.5, 0.6) is 11.8 Å². The number of fused-ring (bicyclic) bond motifs is 1. The van der Waals surface area contributed by atoms with E-state index in [-0.39, 0.29) is 29.9 Å². The first kappa shape index (κ1) is 29.6. The fourth-order valence-corrected chi connectivity index (χ4v) is 4.42. The van der Waals surface area contributed by atoms with Gasteiger partial charge in [-0.3, -0.25) is 9.36 Å². The van der Waals surface area contributed by atoms with Crippen LogP contribution in [0.2, 0.25) is 0 Å². The molecule has 2 aromatic heterocycles. The van der Waals surface area contributed by atoms with Crippen LogP contribution in [0.1, 0.15) is 42.9 Å². The lowest BCUT2D eigenvalue weighted by Crippen LogP contribution is -2.21. The molecule has 0 atom stereocenters. The van der Waals surface area contributed by atoms with E-state index in [1.807, 2.05) is 42.5 Å². The Labute approximate surface area is 239 Å². The Bertz CT molecular complexity index is 1500. The monoisotopic (exact) mass is 562 g/mol. The number of aromatic amines is 1. The standard InChI is InChI=1S/C30H38N6O5/c1-4-5-15-41-29-33-27(31)26-28(34-29)36(30(38)32-26)20-21-10-12-24(13-11-21)40-16-7-14-35(2)19-23-9-6-8-22(17-23)18-25(37)39-3/h6,8-13,17H,4-5,7,14-16,18-20H2,1-3H3,(H,32,38)(H2,31,33,34). The van der Waals surface area contributed by atoms with Gasteiger partial charge >= 0.3 is 17.7 Å². The number of anilines is 1. The molecule has 0 aliphatic heterocycles. The highest BCUT2D eigenvalue weighted by molar-refractivity contribution is 5.82. The van der Waals surface area contributed by atoms with Crippen LogP contribution >= 0.6 is 0 Å². The number of nitrogens with zero attached hydrogens (tertiary/aromatic N) is 4. The molecule has 0 aliphatic rings. The summed E-state index contributed by atoms with van der Waals surface area (Å²) in [6.07, 6.45) is 2.99. The van der Waals surface area contributed by atoms with Crippen LogP contribution in [0.15, 0.2) is 53.3 Å². The van der Waals surface area contributed by atoms with Crippen molar-refractivity contribution in [2.24, 2.45) is 0 Å². The van der Waals surface area contributed by atoms with Crippen LogP contribution in [0.3, 0.4) is 0 Å². The highest BCUT2D eigenvalue weighted by Gasteiger charge is 2.15. The Morgan fingerprint density at radius 1 is 1.02 bits per heavy atom. The normalized spacial score (nSPS) is 11.2. The topological polar surface area (TPSA) is 138 Å². The number of hydrogen-bond donors (Lipinski definition) is 2. The van der Waals surface area contributed by atoms with Crippen molar-refractivity contribution in [1.82, 2.24) is 24.4 Å². The fraction of sp³-hybridized carbons (Fsp3) is 0.400. The van der Waals surface area contributed by atoms with Gasteiger partial charge < -0.3 is 29.8 Å². The Morgan fingerprint density at radius 2 is 1.78 bits per heavy atom. The van der Waals surface area contributed by atoms with E-state index in [9.17, 15) is 9.59 Å². The number of carbonyl (C=O) groups excluding carboxylic acids is 1. The summed E-state index contributed by atoms with van der Waals surface area (Å²) >= 11 is 0. The van der Waals surface area contributed by atoms with Crippen molar-refractivity contribution >= 4 is 23.0 Å². The van der Waals surface area contributed by atoms with Gasteiger partial charge in [0, 0.05) is 13.1 Å². The second-order valence-corrected chi connectivity index (χ2v) is 9.96. The van der Waals surface area contributed by atoms with Crippen LogP contribution in [0.25, 0.3) is 11.2 Å². The van der Waals surface area contributed by atoms with Gasteiger partial charge in [-0.1, -0.05) is 49.7 Å². The molecule has 4 aromatic rings. The van der Waals surface area contributed by atoms with E-state index in [1.54, 1.807) is 0 Å². The molecule has 0 radical (unpaired) electrons. The Morgan fingerprint density at radius 3 is 2.54 bits per heavy atom. The molecule has 0 fully saturated rings. The Kier molecular flexibility index (Phi) is 10.3. The van der Waals surface area contributed by atoms with Gasteiger partial charge in [0.05, 0.1) is 33.3 Å². The summed E-state index contributed by atoms with van der Waals surface area (Å²) in [7, 11) is 3.46. The fourth-order valence-electron chi connectivity index (χ4n) is 4.42. The number of carbonyl (C=O) groups is 1. The molecule has 2 aromatic carbocycles. The average molecular weight is 563 g/mol. The molecule has 0 spiro atoms. The smallest absolute Gasteiger partial charge is 0.328 e. The van der Waals surface area contributed by atoms with Gasteiger partial charge in [-0.05, 0) is 48.7 Å². The summed E-state index contributed by atoms with van der Waals surface area (Å²) in [5, 5.41) is 0. The third kappa shape index (κ3) is 8.31. The number of rotatable bonds is 15. The SMILES string of the molecule is CCCCOc1nc(N)c2[nH]c(=O)n(Cc3ccc(OCCCN(C)Cc4cccc(CC(=O)OC)c4)cc3)c2n1. The van der Waals surface area contributed by atoms with Gasteiger partial charge in [-0.2, -0.15) is 9.97 Å². The minimum absolute atomic E-state index is 0.165. The van der Waals surface area contributed by atoms with E-state index in [2.05, 4.69) is 39.9 Å². The van der Waals surface area contributed by atoms with Gasteiger partial charge in [-0.15, -0.1) is 0 Å². The number of esters is 1. The maximum atomic E-state index is 12.6. The third-order valence-corrected chi connectivity index (χ3v) is 6.60. The van der Waals surface area contributed by atoms with Crippen molar-refractivity contribution in [3.8, 4) is 11.8 Å². The summed E-state index contributed by atoms with van der Waals surface area (Å²) in [4.78, 5) is 37.7. The molecule has 0 aliphatic carbocycles. The number of imidazole rings is 1. The molecule has 218 valence electrons. The van der Waals surface area contributed by atoms with Gasteiger partial charge in [-0.25, -0.2) is 4.79 Å². The first-order valence-corrected chi connectivity index (χ1v) is 13.8. The lowest BCUT2D eigenvalue weighted by molar-refractivity contribution is -0.139. The second kappa shape index (κ2) is 14.3. The Hall–Kier alpha value is -4.38. The summed E-state index contributed by atoms with van der Waals surface area (Å²) in [5.74, 6) is 0.698. The number of benzene rings is 2. The first-order valence-electron chi connectivity index (χ1n) is 13.8. The van der Waals surface area contributed by atoms with Gasteiger partial charge in [0.2, 0.25) is 0 Å². The number of methoxy groups -OCH3 is 1. The van der Waals surface area contributed by atoms with Crippen molar-refractivity contribution in [1.29, 1.82) is 0 Å². The molecule has 0 bridgehead atoms. The molecule has 3 N–H and O–H groups in total. The first-order chi connectivity index (χ1) is 19.9. The minimum atomic E-state index is -0.314. The molecule has 4 rings (SSSR count). The van der Waals surface area contributed by atoms with Crippen LogP contribution in [-0.2, 0) is 29.0 Å². The van der Waals surface area contributed by atoms with E-state index in [0.29, 0.717) is 30.9 Å². The average Bonchev–Trinajstić information content (AvgIpc) is 3.27. The second-order valence-electron chi connectivity index (χ2n) is 9.96. The summed E-state index contributed by atoms with van der Waals surface area (Å²) < 4.78 is 17.8. The quantitative estimate of drug-likeness (QED) is 0.165. The van der Waals surface area contributed by atoms with Gasteiger partial charge in [0.25, 0.3) is 0 Å². The van der Waals surface area contributed by atoms with Crippen LogP contribution in [0, 0.1) is 0 Å². The lowest BCUT2D eigenvalue weighted by atomic mass is 10.1. The summed E-state index contributed by atoms with van der Waals surface area (Å²) in [6, 6.07) is 15.8. The van der Waals surface area contributed by atoms with Crippen molar-refractivity contribution < 1.29 is 19.0 Å². The largest absolute Gasteiger partial charge is 0.494 e. The molecule has 0 saturated carbocycles. The highest BCUT2D eigenvalue weighted by atomic mass is 16.5. The van der Waals surface area contributed by atoms with Crippen molar-refractivity contribution in [3.63, 3.8) is 0 Å². The maximum Gasteiger partial charge on any atom is 0.328 e. The van der Waals surface area contributed by atoms with Crippen molar-refractivity contribution in [3.05, 3.63) is 75.7 Å². The zero-order valence-electron chi connectivity index (χ0n) is 23.9. The zero-order valence-corrected chi connectivity index (χ0v) is 23.9. The number of nitrogens with two attached hydrogens (primary N) is 1. The zero-order chi connectivity index (χ0) is 29.2. The molecule has 0 amide bonds. The number of H-pyrrole nitrogens is 1. The molecule has 11 heteroatoms. The number of ether oxygens (including phenoxy) is 3. The predicted molar refractivity (Wildman–Crippen MR) is 157 cm³/mol. The number of hydrogen-bond acceptors (Lipinski definition) is 9. The molecule has 0 saturated heterocycles. The van der Waals surface area contributed by atoms with Gasteiger partial charge in [0.15, 0.2) is 11.5 Å². The minimum Gasteiger partial charge on any atom is -0.494 e. The van der Waals surface area contributed by atoms with Crippen molar-refractivity contribution in [2.45, 2.75) is 45.7 Å². The highest BCUT2D eigenvalue weighted by Crippen LogP contribution is 2.20. The van der Waals surface area contributed by atoms with E-state index in [1.165, 1.54) is 11.7 Å². The number of nitrogen functional groups attached to an aromatic ring is 1. The number of nitrogens with one attached hydrogen (secondary N) is 1. The van der Waals surface area contributed by atoms with Gasteiger partial charge in [0.1, 0.15) is 11.3 Å². The van der Waals surface area contributed by atoms with Crippen LogP contribution < -0.4 is 20.9 Å². The molecular weight excluding hydrogens is 524 g/mol. The number of unbranched alkanes of at least 4 members (excludes halogenated alkanes) is 1. The van der Waals surface area contributed by atoms with Crippen LogP contribution in [-0.4, -0.2) is 64.3 Å². The van der Waals surface area contributed by atoms with Crippen LogP contribution in [0.4, 0.5) is 5.82 Å². The molecule has 41 heavy (non-hydrogen) atoms. The predicted octanol–water partition coefficient (Wildman–Crippen LogP) is 3.55. The van der Waals surface area contributed by atoms with E-state index in [0.717, 1.165) is 54.8 Å². The third-order valence-electron chi connectivity index (χ3n) is 6.60. The maximum absolute atomic E-state index is 12.6. The van der Waals surface area contributed by atoms with Crippen molar-refractivity contribution in [2.75, 3.05) is 39.6 Å². The molecule has 11 nitrogen and oxygen atoms in total. The molecule has 0 unspecified atom stereocenters. The van der Waals surface area contributed by atoms with E-state index in [4.69, 9.17) is 19.9 Å². The van der Waals surface area contributed by atoms with E-state index < -0.39 is 0 Å². The molecule has 2 heterocycles. The summed E-state index contributed by atoms with van der Waals surface area (Å²) in [5.41, 5.74) is 9.56. The summed E-state index contributed by atoms with van der Waals surface area (Å²) in [6.45, 7) is 5.08.